The van der Waals surface area contributed by atoms with Crippen LogP contribution < -0.4 is 15.5 Å². The Balaban J connectivity index is 1.60. The fraction of sp³-hybridized carbons (Fsp3) is 0.556. The molecule has 124 valence electrons. The Bertz CT molecular complexity index is 567. The van der Waals surface area contributed by atoms with Crippen LogP contribution in [0.1, 0.15) is 38.5 Å². The lowest BCUT2D eigenvalue weighted by molar-refractivity contribution is -0.120. The molecular formula is C18H25N3O2. The monoisotopic (exact) mass is 315 g/mol. The van der Waals surface area contributed by atoms with E-state index in [2.05, 4.69) is 10.6 Å². The van der Waals surface area contributed by atoms with E-state index in [1.807, 2.05) is 29.2 Å². The molecule has 0 unspecified atom stereocenters. The number of para-hydroxylation sites is 2. The van der Waals surface area contributed by atoms with Crippen molar-refractivity contribution < 1.29 is 9.59 Å². The summed E-state index contributed by atoms with van der Waals surface area (Å²) in [7, 11) is 0. The van der Waals surface area contributed by atoms with Gasteiger partial charge in [-0.15, -0.1) is 0 Å². The summed E-state index contributed by atoms with van der Waals surface area (Å²) >= 11 is 0. The smallest absolute Gasteiger partial charge is 0.239 e. The maximum atomic E-state index is 12.3. The number of amides is 2. The molecule has 2 fully saturated rings. The molecule has 2 N–H and O–H groups in total. The van der Waals surface area contributed by atoms with Crippen molar-refractivity contribution in [2.75, 3.05) is 29.9 Å². The zero-order chi connectivity index (χ0) is 16.1. The topological polar surface area (TPSA) is 61.4 Å². The van der Waals surface area contributed by atoms with Crippen LogP contribution in [0.15, 0.2) is 24.3 Å². The van der Waals surface area contributed by atoms with Crippen molar-refractivity contribution in [3.63, 3.8) is 0 Å². The third-order valence-corrected chi connectivity index (χ3v) is 4.81. The van der Waals surface area contributed by atoms with Crippen LogP contribution >= 0.6 is 0 Å². The Morgan fingerprint density at radius 1 is 1.26 bits per heavy atom. The second-order valence-electron chi connectivity index (χ2n) is 6.53. The highest BCUT2D eigenvalue weighted by Gasteiger charge is 2.20. The number of nitrogens with zero attached hydrogens (tertiary/aromatic N) is 1. The van der Waals surface area contributed by atoms with Gasteiger partial charge in [-0.3, -0.25) is 9.59 Å². The molecule has 1 aromatic carbocycles. The van der Waals surface area contributed by atoms with Gasteiger partial charge < -0.3 is 15.5 Å². The summed E-state index contributed by atoms with van der Waals surface area (Å²) < 4.78 is 0. The van der Waals surface area contributed by atoms with Gasteiger partial charge in [0.05, 0.1) is 17.9 Å². The fourth-order valence-corrected chi connectivity index (χ4v) is 3.55. The number of rotatable bonds is 5. The van der Waals surface area contributed by atoms with E-state index in [0.29, 0.717) is 19.5 Å². The Labute approximate surface area is 137 Å². The van der Waals surface area contributed by atoms with Crippen molar-refractivity contribution in [3.05, 3.63) is 24.3 Å². The molecule has 0 aromatic heterocycles. The second kappa shape index (κ2) is 7.49. The standard InChI is InChI=1S/C18H25N3O2/c22-17(10-9-14-5-1-2-6-14)20-15-7-3-4-8-16(15)21-12-11-19-18(23)13-21/h3-4,7-8,14H,1-2,5-6,9-13H2,(H,19,23)(H,20,22). The third kappa shape index (κ3) is 4.24. The van der Waals surface area contributed by atoms with Crippen LogP contribution in [0.4, 0.5) is 11.4 Å². The number of carbonyl (C=O) groups is 2. The molecule has 1 aromatic rings. The largest absolute Gasteiger partial charge is 0.359 e. The number of carbonyl (C=O) groups excluding carboxylic acids is 2. The first-order chi connectivity index (χ1) is 11.2. The molecule has 1 aliphatic carbocycles. The molecule has 5 heteroatoms. The molecule has 1 saturated heterocycles. The van der Waals surface area contributed by atoms with Crippen molar-refractivity contribution >= 4 is 23.2 Å². The average Bonchev–Trinajstić information content (AvgIpc) is 3.07. The van der Waals surface area contributed by atoms with E-state index in [1.165, 1.54) is 25.7 Å². The quantitative estimate of drug-likeness (QED) is 0.878. The van der Waals surface area contributed by atoms with E-state index in [0.717, 1.165) is 30.3 Å². The molecule has 0 atom stereocenters. The zero-order valence-electron chi connectivity index (χ0n) is 13.5. The van der Waals surface area contributed by atoms with Gasteiger partial charge in [-0.25, -0.2) is 0 Å². The number of hydrogen-bond donors (Lipinski definition) is 2. The van der Waals surface area contributed by atoms with Gasteiger partial charge >= 0.3 is 0 Å². The van der Waals surface area contributed by atoms with Crippen molar-refractivity contribution in [2.45, 2.75) is 38.5 Å². The van der Waals surface area contributed by atoms with Crippen LogP contribution in [0, 0.1) is 5.92 Å². The Morgan fingerprint density at radius 2 is 2.04 bits per heavy atom. The van der Waals surface area contributed by atoms with Crippen LogP contribution in [-0.4, -0.2) is 31.4 Å². The first-order valence-corrected chi connectivity index (χ1v) is 8.63. The van der Waals surface area contributed by atoms with E-state index in [-0.39, 0.29) is 11.8 Å². The zero-order valence-corrected chi connectivity index (χ0v) is 13.5. The normalized spacial score (nSPS) is 18.8. The Kier molecular flexibility index (Phi) is 5.16. The van der Waals surface area contributed by atoms with Crippen LogP contribution in [-0.2, 0) is 9.59 Å². The highest BCUT2D eigenvalue weighted by atomic mass is 16.2. The predicted molar refractivity (Wildman–Crippen MR) is 91.5 cm³/mol. The Hall–Kier alpha value is -2.04. The predicted octanol–water partition coefficient (Wildman–Crippen LogP) is 2.53. The molecule has 2 aliphatic rings. The van der Waals surface area contributed by atoms with E-state index >= 15 is 0 Å². The molecule has 1 heterocycles. The molecule has 0 radical (unpaired) electrons. The van der Waals surface area contributed by atoms with Gasteiger partial charge in [-0.2, -0.15) is 0 Å². The van der Waals surface area contributed by atoms with Gasteiger partial charge in [0.1, 0.15) is 0 Å². The van der Waals surface area contributed by atoms with Crippen molar-refractivity contribution in [1.82, 2.24) is 5.32 Å². The average molecular weight is 315 g/mol. The minimum absolute atomic E-state index is 0.0265. The molecule has 1 saturated carbocycles. The van der Waals surface area contributed by atoms with Crippen LogP contribution in [0.3, 0.4) is 0 Å². The maximum Gasteiger partial charge on any atom is 0.239 e. The van der Waals surface area contributed by atoms with Crippen LogP contribution in [0.2, 0.25) is 0 Å². The second-order valence-corrected chi connectivity index (χ2v) is 6.53. The third-order valence-electron chi connectivity index (χ3n) is 4.81. The van der Waals surface area contributed by atoms with Gasteiger partial charge in [0.25, 0.3) is 0 Å². The number of anilines is 2. The van der Waals surface area contributed by atoms with Crippen molar-refractivity contribution in [3.8, 4) is 0 Å². The summed E-state index contributed by atoms with van der Waals surface area (Å²) in [6, 6.07) is 7.73. The number of piperazine rings is 1. The molecule has 23 heavy (non-hydrogen) atoms. The lowest BCUT2D eigenvalue weighted by atomic mass is 10.0. The molecule has 2 amide bonds. The minimum atomic E-state index is 0.0265. The molecule has 0 spiro atoms. The summed E-state index contributed by atoms with van der Waals surface area (Å²) in [5.74, 6) is 0.825. The summed E-state index contributed by atoms with van der Waals surface area (Å²) in [6.07, 6.45) is 6.73. The number of benzene rings is 1. The summed E-state index contributed by atoms with van der Waals surface area (Å²) in [5.41, 5.74) is 1.73. The molecule has 1 aliphatic heterocycles. The van der Waals surface area contributed by atoms with E-state index < -0.39 is 0 Å². The maximum absolute atomic E-state index is 12.3. The number of nitrogens with one attached hydrogen (secondary N) is 2. The minimum Gasteiger partial charge on any atom is -0.359 e. The summed E-state index contributed by atoms with van der Waals surface area (Å²) in [6.45, 7) is 1.75. The number of hydrogen-bond acceptors (Lipinski definition) is 3. The molecule has 5 nitrogen and oxygen atoms in total. The van der Waals surface area contributed by atoms with Crippen molar-refractivity contribution in [1.29, 1.82) is 0 Å². The van der Waals surface area contributed by atoms with Crippen LogP contribution in [0.5, 0.6) is 0 Å². The summed E-state index contributed by atoms with van der Waals surface area (Å²) in [4.78, 5) is 25.9. The SMILES string of the molecule is O=C1CN(c2ccccc2NC(=O)CCC2CCCC2)CCN1. The lowest BCUT2D eigenvalue weighted by Gasteiger charge is -2.30. The fourth-order valence-electron chi connectivity index (χ4n) is 3.55. The van der Waals surface area contributed by atoms with Crippen molar-refractivity contribution in [2.24, 2.45) is 5.92 Å². The van der Waals surface area contributed by atoms with E-state index in [9.17, 15) is 9.59 Å². The molecular weight excluding hydrogens is 290 g/mol. The van der Waals surface area contributed by atoms with Gasteiger partial charge in [-0.05, 0) is 24.5 Å². The molecule has 0 bridgehead atoms. The van der Waals surface area contributed by atoms with Gasteiger partial charge in [0.2, 0.25) is 11.8 Å². The van der Waals surface area contributed by atoms with Crippen LogP contribution in [0.25, 0.3) is 0 Å². The first kappa shape index (κ1) is 15.8. The molecule has 3 rings (SSSR count). The summed E-state index contributed by atoms with van der Waals surface area (Å²) in [5, 5.41) is 5.86. The highest BCUT2D eigenvalue weighted by molar-refractivity contribution is 5.95. The van der Waals surface area contributed by atoms with E-state index in [1.54, 1.807) is 0 Å². The highest BCUT2D eigenvalue weighted by Crippen LogP contribution is 2.29. The van der Waals surface area contributed by atoms with Gasteiger partial charge in [0, 0.05) is 19.5 Å². The first-order valence-electron chi connectivity index (χ1n) is 8.63. The van der Waals surface area contributed by atoms with E-state index in [4.69, 9.17) is 0 Å². The van der Waals surface area contributed by atoms with Gasteiger partial charge in [-0.1, -0.05) is 37.8 Å². The van der Waals surface area contributed by atoms with Gasteiger partial charge in [0.15, 0.2) is 0 Å². The lowest BCUT2D eigenvalue weighted by Crippen LogP contribution is -2.47. The Morgan fingerprint density at radius 3 is 2.83 bits per heavy atom.